The van der Waals surface area contributed by atoms with E-state index in [-0.39, 0.29) is 29.5 Å². The number of phenolic OH excluding ortho intramolecular Hbond substituents is 1. The van der Waals surface area contributed by atoms with E-state index in [1.54, 1.807) is 18.5 Å². The summed E-state index contributed by atoms with van der Waals surface area (Å²) in [7, 11) is 1.38. The number of carbonyl (C=O) groups is 1. The van der Waals surface area contributed by atoms with Crippen molar-refractivity contribution in [2.45, 2.75) is 52.4 Å². The average Bonchev–Trinajstić information content (AvgIpc) is 2.58. The van der Waals surface area contributed by atoms with Crippen molar-refractivity contribution in [1.29, 1.82) is 0 Å². The van der Waals surface area contributed by atoms with Gasteiger partial charge in [0.1, 0.15) is 12.0 Å². The van der Waals surface area contributed by atoms with Gasteiger partial charge in [-0.2, -0.15) is 0 Å². The molecule has 0 amide bonds. The van der Waals surface area contributed by atoms with Crippen LogP contribution in [0.2, 0.25) is 0 Å². The van der Waals surface area contributed by atoms with Crippen LogP contribution in [-0.2, 0) is 19.7 Å². The molecule has 0 atom stereocenters. The number of hydrogen-bond acceptors (Lipinski definition) is 5. The Balaban J connectivity index is 2.50. The third-order valence-electron chi connectivity index (χ3n) is 4.39. The lowest BCUT2D eigenvalue weighted by Crippen LogP contribution is -2.21. The fraction of sp³-hybridized carbons (Fsp3) is 0.476. The summed E-state index contributed by atoms with van der Waals surface area (Å²) >= 11 is 0. The van der Waals surface area contributed by atoms with Crippen molar-refractivity contribution in [3.05, 3.63) is 47.5 Å². The molecular formula is C21H29NO4. The topological polar surface area (TPSA) is 59.0 Å². The molecule has 5 heteroatoms. The summed E-state index contributed by atoms with van der Waals surface area (Å²) in [4.78, 5) is 13.3. The third-order valence-corrected chi connectivity index (χ3v) is 4.39. The van der Waals surface area contributed by atoms with Crippen LogP contribution in [0.4, 0.5) is 0 Å². The van der Waals surface area contributed by atoms with Gasteiger partial charge < -0.3 is 19.5 Å². The summed E-state index contributed by atoms with van der Waals surface area (Å²) in [5.74, 6) is 0.812. The fourth-order valence-corrected chi connectivity index (χ4v) is 3.07. The van der Waals surface area contributed by atoms with Crippen LogP contribution in [0.1, 0.15) is 63.6 Å². The first kappa shape index (κ1) is 19.9. The Morgan fingerprint density at radius 3 is 2.58 bits per heavy atom. The third kappa shape index (κ3) is 4.40. The van der Waals surface area contributed by atoms with Crippen LogP contribution in [0, 0.1) is 0 Å². The Kier molecular flexibility index (Phi) is 6.01. The molecule has 0 unspecified atom stereocenters. The molecule has 0 saturated heterocycles. The first-order valence-electron chi connectivity index (χ1n) is 8.89. The van der Waals surface area contributed by atoms with E-state index in [2.05, 4.69) is 34.6 Å². The second-order valence-electron chi connectivity index (χ2n) is 7.79. The number of aromatic hydroxyl groups is 1. The molecule has 1 aliphatic rings. The predicted molar refractivity (Wildman–Crippen MR) is 102 cm³/mol. The van der Waals surface area contributed by atoms with E-state index in [1.165, 1.54) is 7.11 Å². The van der Waals surface area contributed by atoms with Crippen LogP contribution >= 0.6 is 0 Å². The molecule has 5 nitrogen and oxygen atoms in total. The van der Waals surface area contributed by atoms with Crippen molar-refractivity contribution >= 4 is 11.7 Å². The molecule has 0 fully saturated rings. The second-order valence-corrected chi connectivity index (χ2v) is 7.79. The lowest BCUT2D eigenvalue weighted by atomic mass is 9.79. The molecule has 1 aromatic rings. The lowest BCUT2D eigenvalue weighted by Gasteiger charge is -2.29. The molecule has 1 aliphatic heterocycles. The molecule has 1 aromatic carbocycles. The van der Waals surface area contributed by atoms with Crippen LogP contribution < -0.4 is 0 Å². The number of ether oxygens (including phenoxy) is 2. The minimum Gasteiger partial charge on any atom is -0.508 e. The van der Waals surface area contributed by atoms with Gasteiger partial charge in [0.05, 0.1) is 13.5 Å². The molecular weight excluding hydrogens is 330 g/mol. The fourth-order valence-electron chi connectivity index (χ4n) is 3.07. The van der Waals surface area contributed by atoms with Crippen LogP contribution in [0.15, 0.2) is 30.8 Å². The van der Waals surface area contributed by atoms with Gasteiger partial charge in [0.2, 0.25) is 0 Å². The number of phenols is 1. The van der Waals surface area contributed by atoms with Gasteiger partial charge in [-0.25, -0.2) is 0 Å². The van der Waals surface area contributed by atoms with Crippen molar-refractivity contribution in [2.75, 3.05) is 13.7 Å². The number of carbonyl (C=O) groups excluding carboxylic acids is 1. The molecule has 0 aromatic heterocycles. The zero-order chi connectivity index (χ0) is 19.5. The standard InChI is InChI=1S/C21H29NO4/c1-14(2)19-16(23)8-7-15(21(3,4)5)20(19)17-13-22(11-12-26-17)10-9-18(24)25-6/h7-8,11-14,23H,9-10H2,1-6H3. The van der Waals surface area contributed by atoms with Crippen LogP contribution in [-0.4, -0.2) is 29.6 Å². The van der Waals surface area contributed by atoms with Gasteiger partial charge in [-0.15, -0.1) is 0 Å². The molecule has 1 N–H and O–H groups in total. The number of nitrogens with zero attached hydrogens (tertiary/aromatic N) is 1. The van der Waals surface area contributed by atoms with E-state index in [0.717, 1.165) is 16.7 Å². The van der Waals surface area contributed by atoms with Crippen LogP contribution in [0.25, 0.3) is 5.76 Å². The summed E-state index contributed by atoms with van der Waals surface area (Å²) < 4.78 is 10.5. The Labute approximate surface area is 155 Å². The molecule has 2 rings (SSSR count). The first-order chi connectivity index (χ1) is 12.1. The number of hydrogen-bond donors (Lipinski definition) is 1. The summed E-state index contributed by atoms with van der Waals surface area (Å²) in [6.07, 6.45) is 5.54. The van der Waals surface area contributed by atoms with Gasteiger partial charge in [-0.05, 0) is 23.0 Å². The second kappa shape index (κ2) is 7.85. The monoisotopic (exact) mass is 359 g/mol. The quantitative estimate of drug-likeness (QED) is 0.786. The summed E-state index contributed by atoms with van der Waals surface area (Å²) in [6, 6.07) is 3.71. The summed E-state index contributed by atoms with van der Waals surface area (Å²) in [6.45, 7) is 11.0. The number of rotatable bonds is 5. The van der Waals surface area contributed by atoms with E-state index in [1.807, 2.05) is 17.2 Å². The molecule has 0 spiro atoms. The van der Waals surface area contributed by atoms with Crippen LogP contribution in [0.5, 0.6) is 5.75 Å². The molecule has 142 valence electrons. The maximum atomic E-state index is 11.4. The minimum absolute atomic E-state index is 0.116. The zero-order valence-corrected chi connectivity index (χ0v) is 16.5. The van der Waals surface area contributed by atoms with Crippen molar-refractivity contribution in [1.82, 2.24) is 4.90 Å². The normalized spacial score (nSPS) is 14.3. The van der Waals surface area contributed by atoms with Gasteiger partial charge in [0, 0.05) is 30.1 Å². The highest BCUT2D eigenvalue weighted by molar-refractivity contribution is 5.72. The Hall–Kier alpha value is -2.43. The maximum Gasteiger partial charge on any atom is 0.307 e. The molecule has 0 aliphatic carbocycles. The van der Waals surface area contributed by atoms with Gasteiger partial charge in [0.15, 0.2) is 5.76 Å². The highest BCUT2D eigenvalue weighted by Crippen LogP contribution is 2.41. The van der Waals surface area contributed by atoms with E-state index < -0.39 is 0 Å². The van der Waals surface area contributed by atoms with E-state index in [4.69, 9.17) is 9.47 Å². The summed E-state index contributed by atoms with van der Waals surface area (Å²) in [5, 5.41) is 10.5. The zero-order valence-electron chi connectivity index (χ0n) is 16.5. The number of benzene rings is 1. The van der Waals surface area contributed by atoms with E-state index >= 15 is 0 Å². The Bertz CT molecular complexity index is 726. The van der Waals surface area contributed by atoms with E-state index in [0.29, 0.717) is 12.3 Å². The maximum absolute atomic E-state index is 11.4. The number of esters is 1. The number of methoxy groups -OCH3 is 1. The molecule has 0 bridgehead atoms. The van der Waals surface area contributed by atoms with Gasteiger partial charge in [-0.1, -0.05) is 40.7 Å². The molecule has 1 heterocycles. The van der Waals surface area contributed by atoms with Crippen molar-refractivity contribution < 1.29 is 19.4 Å². The smallest absolute Gasteiger partial charge is 0.307 e. The Morgan fingerprint density at radius 1 is 1.31 bits per heavy atom. The highest BCUT2D eigenvalue weighted by Gasteiger charge is 2.27. The molecule has 0 radical (unpaired) electrons. The van der Waals surface area contributed by atoms with E-state index in [9.17, 15) is 9.90 Å². The van der Waals surface area contributed by atoms with Gasteiger partial charge in [-0.3, -0.25) is 4.79 Å². The van der Waals surface area contributed by atoms with Crippen LogP contribution in [0.3, 0.4) is 0 Å². The minimum atomic E-state index is -0.254. The highest BCUT2D eigenvalue weighted by atomic mass is 16.5. The SMILES string of the molecule is COC(=O)CCN1C=COC(c2c(C(C)(C)C)ccc(O)c2C(C)C)=C1. The molecule has 0 saturated carbocycles. The van der Waals surface area contributed by atoms with Crippen molar-refractivity contribution in [3.8, 4) is 5.75 Å². The van der Waals surface area contributed by atoms with Crippen molar-refractivity contribution in [2.24, 2.45) is 0 Å². The summed E-state index contributed by atoms with van der Waals surface area (Å²) in [5.41, 5.74) is 2.77. The molecule has 26 heavy (non-hydrogen) atoms. The van der Waals surface area contributed by atoms with Gasteiger partial charge >= 0.3 is 5.97 Å². The first-order valence-corrected chi connectivity index (χ1v) is 8.89. The largest absolute Gasteiger partial charge is 0.508 e. The van der Waals surface area contributed by atoms with Crippen molar-refractivity contribution in [3.63, 3.8) is 0 Å². The predicted octanol–water partition coefficient (Wildman–Crippen LogP) is 4.48. The Morgan fingerprint density at radius 2 is 2.00 bits per heavy atom. The average molecular weight is 359 g/mol. The lowest BCUT2D eigenvalue weighted by molar-refractivity contribution is -0.140. The van der Waals surface area contributed by atoms with Gasteiger partial charge in [0.25, 0.3) is 0 Å².